The fraction of sp³-hybridized carbons (Fsp3) is 0.190. The van der Waals surface area contributed by atoms with E-state index in [1.165, 1.54) is 0 Å². The van der Waals surface area contributed by atoms with Crippen LogP contribution in [0, 0.1) is 0 Å². The van der Waals surface area contributed by atoms with Gasteiger partial charge in [-0.1, -0.05) is 30.3 Å². The van der Waals surface area contributed by atoms with E-state index in [9.17, 15) is 0 Å². The molecule has 6 nitrogen and oxygen atoms in total. The zero-order valence-corrected chi connectivity index (χ0v) is 15.3. The van der Waals surface area contributed by atoms with Crippen molar-refractivity contribution in [3.63, 3.8) is 0 Å². The molecule has 0 atom stereocenters. The normalized spacial score (nSPS) is 11.0. The molecular weight excluding hydrogens is 340 g/mol. The van der Waals surface area contributed by atoms with E-state index in [0.717, 1.165) is 33.3 Å². The second kappa shape index (κ2) is 7.55. The Labute approximate surface area is 157 Å². The monoisotopic (exact) mass is 360 g/mol. The molecule has 4 aromatic rings. The minimum absolute atomic E-state index is 0.595. The van der Waals surface area contributed by atoms with E-state index in [-0.39, 0.29) is 0 Å². The minimum atomic E-state index is 0.595. The van der Waals surface area contributed by atoms with Crippen LogP contribution in [-0.2, 0) is 4.74 Å². The topological polar surface area (TPSA) is 69.2 Å². The second-order valence-corrected chi connectivity index (χ2v) is 6.09. The third-order valence-corrected chi connectivity index (χ3v) is 4.38. The molecule has 136 valence electrons. The van der Waals surface area contributed by atoms with Gasteiger partial charge < -0.3 is 14.8 Å². The van der Waals surface area contributed by atoms with Crippen LogP contribution in [0.15, 0.2) is 54.7 Å². The summed E-state index contributed by atoms with van der Waals surface area (Å²) in [5, 5.41) is 5.28. The number of anilines is 1. The molecule has 2 aromatic heterocycles. The van der Waals surface area contributed by atoms with Crippen molar-refractivity contribution < 1.29 is 9.47 Å². The largest absolute Gasteiger partial charge is 0.497 e. The molecule has 0 saturated heterocycles. The predicted molar refractivity (Wildman–Crippen MR) is 107 cm³/mol. The van der Waals surface area contributed by atoms with Crippen molar-refractivity contribution in [3.05, 3.63) is 54.7 Å². The van der Waals surface area contributed by atoms with Gasteiger partial charge >= 0.3 is 0 Å². The number of ether oxygens (including phenoxy) is 2. The maximum atomic E-state index is 5.38. The van der Waals surface area contributed by atoms with E-state index in [1.54, 1.807) is 14.2 Å². The van der Waals surface area contributed by atoms with Crippen LogP contribution < -0.4 is 10.1 Å². The molecule has 0 radical (unpaired) electrons. The lowest BCUT2D eigenvalue weighted by Crippen LogP contribution is -2.09. The smallest absolute Gasteiger partial charge is 0.165 e. The molecule has 0 amide bonds. The lowest BCUT2D eigenvalue weighted by molar-refractivity contribution is 0.211. The molecule has 0 bridgehead atoms. The van der Waals surface area contributed by atoms with Crippen molar-refractivity contribution in [2.45, 2.75) is 0 Å². The summed E-state index contributed by atoms with van der Waals surface area (Å²) in [6.07, 6.45) is 1.83. The number of nitrogens with zero attached hydrogens (tertiary/aromatic N) is 3. The summed E-state index contributed by atoms with van der Waals surface area (Å²) in [6, 6.07) is 15.7. The van der Waals surface area contributed by atoms with Gasteiger partial charge in [0.15, 0.2) is 11.5 Å². The molecule has 2 aromatic carbocycles. The maximum absolute atomic E-state index is 5.38. The quantitative estimate of drug-likeness (QED) is 0.415. The Morgan fingerprint density at radius 2 is 1.81 bits per heavy atom. The molecule has 0 aliphatic heterocycles. The number of pyridine rings is 1. The summed E-state index contributed by atoms with van der Waals surface area (Å²) in [7, 11) is 3.34. The standard InChI is InChI=1S/C21H20N4O2/c1-26-11-10-22-19-16-12-15(27-2)8-9-18(16)24-21-17(19)13-23-20(25-21)14-6-4-3-5-7-14/h3-9,12-13H,10-11H2,1-2H3,(H,22,23,24,25). The Morgan fingerprint density at radius 3 is 2.59 bits per heavy atom. The molecule has 0 aliphatic rings. The third-order valence-electron chi connectivity index (χ3n) is 4.38. The summed E-state index contributed by atoms with van der Waals surface area (Å²) in [6.45, 7) is 1.26. The number of benzene rings is 2. The molecule has 0 spiro atoms. The Kier molecular flexibility index (Phi) is 4.80. The van der Waals surface area contributed by atoms with Crippen LogP contribution >= 0.6 is 0 Å². The first-order valence-electron chi connectivity index (χ1n) is 8.73. The van der Waals surface area contributed by atoms with Crippen LogP contribution in [0.5, 0.6) is 5.75 Å². The molecule has 2 heterocycles. The van der Waals surface area contributed by atoms with Gasteiger partial charge in [-0.15, -0.1) is 0 Å². The number of methoxy groups -OCH3 is 2. The molecule has 0 unspecified atom stereocenters. The predicted octanol–water partition coefficient (Wildman–Crippen LogP) is 3.91. The molecular formula is C21H20N4O2. The lowest BCUT2D eigenvalue weighted by atomic mass is 10.1. The van der Waals surface area contributed by atoms with Gasteiger partial charge in [0.05, 0.1) is 30.3 Å². The van der Waals surface area contributed by atoms with Gasteiger partial charge in [0.2, 0.25) is 0 Å². The molecule has 0 aliphatic carbocycles. The SMILES string of the molecule is COCCNc1c2cc(OC)ccc2nc2nc(-c3ccccc3)ncc12. The van der Waals surface area contributed by atoms with Crippen molar-refractivity contribution in [3.8, 4) is 17.1 Å². The molecule has 0 fully saturated rings. The van der Waals surface area contributed by atoms with Gasteiger partial charge in [-0.05, 0) is 18.2 Å². The van der Waals surface area contributed by atoms with Gasteiger partial charge in [-0.25, -0.2) is 15.0 Å². The Hall–Kier alpha value is -3.25. The van der Waals surface area contributed by atoms with Crippen LogP contribution in [0.3, 0.4) is 0 Å². The van der Waals surface area contributed by atoms with Crippen molar-refractivity contribution >= 4 is 27.6 Å². The maximum Gasteiger partial charge on any atom is 0.165 e. The van der Waals surface area contributed by atoms with Gasteiger partial charge in [0.25, 0.3) is 0 Å². The summed E-state index contributed by atoms with van der Waals surface area (Å²) in [4.78, 5) is 14.0. The summed E-state index contributed by atoms with van der Waals surface area (Å²) < 4.78 is 10.6. The highest BCUT2D eigenvalue weighted by atomic mass is 16.5. The fourth-order valence-electron chi connectivity index (χ4n) is 3.03. The molecule has 1 N–H and O–H groups in total. The minimum Gasteiger partial charge on any atom is -0.497 e. The summed E-state index contributed by atoms with van der Waals surface area (Å²) in [5.41, 5.74) is 3.40. The van der Waals surface area contributed by atoms with Crippen molar-refractivity contribution in [1.29, 1.82) is 0 Å². The van der Waals surface area contributed by atoms with Crippen LogP contribution in [0.4, 0.5) is 5.69 Å². The van der Waals surface area contributed by atoms with Gasteiger partial charge in [-0.2, -0.15) is 0 Å². The average molecular weight is 360 g/mol. The van der Waals surface area contributed by atoms with E-state index in [2.05, 4.69) is 10.3 Å². The first-order valence-corrected chi connectivity index (χ1v) is 8.73. The lowest BCUT2D eigenvalue weighted by Gasteiger charge is -2.13. The highest BCUT2D eigenvalue weighted by Gasteiger charge is 2.13. The van der Waals surface area contributed by atoms with Crippen molar-refractivity contribution in [2.24, 2.45) is 0 Å². The molecule has 6 heteroatoms. The number of fused-ring (bicyclic) bond motifs is 2. The first kappa shape index (κ1) is 17.2. The molecule has 4 rings (SSSR count). The van der Waals surface area contributed by atoms with Gasteiger partial charge in [0, 0.05) is 30.8 Å². The second-order valence-electron chi connectivity index (χ2n) is 6.09. The first-order chi connectivity index (χ1) is 13.3. The Balaban J connectivity index is 1.91. The number of nitrogens with one attached hydrogen (secondary N) is 1. The van der Waals surface area contributed by atoms with Crippen LogP contribution in [-0.4, -0.2) is 42.3 Å². The number of rotatable bonds is 6. The van der Waals surface area contributed by atoms with Crippen molar-refractivity contribution in [2.75, 3.05) is 32.7 Å². The number of hydrogen-bond acceptors (Lipinski definition) is 6. The highest BCUT2D eigenvalue weighted by molar-refractivity contribution is 6.06. The van der Waals surface area contributed by atoms with Gasteiger partial charge in [-0.3, -0.25) is 0 Å². The summed E-state index contributed by atoms with van der Waals surface area (Å²) >= 11 is 0. The molecule has 27 heavy (non-hydrogen) atoms. The van der Waals surface area contributed by atoms with Crippen LogP contribution in [0.2, 0.25) is 0 Å². The zero-order valence-electron chi connectivity index (χ0n) is 15.3. The van der Waals surface area contributed by atoms with E-state index < -0.39 is 0 Å². The van der Waals surface area contributed by atoms with Crippen LogP contribution in [0.25, 0.3) is 33.3 Å². The van der Waals surface area contributed by atoms with E-state index >= 15 is 0 Å². The average Bonchev–Trinajstić information content (AvgIpc) is 2.73. The Morgan fingerprint density at radius 1 is 0.963 bits per heavy atom. The van der Waals surface area contributed by atoms with Crippen molar-refractivity contribution in [1.82, 2.24) is 15.0 Å². The van der Waals surface area contributed by atoms with E-state index in [4.69, 9.17) is 19.4 Å². The highest BCUT2D eigenvalue weighted by Crippen LogP contribution is 2.32. The summed E-state index contributed by atoms with van der Waals surface area (Å²) in [5.74, 6) is 1.44. The molecule has 0 saturated carbocycles. The number of hydrogen-bond donors (Lipinski definition) is 1. The Bertz CT molecular complexity index is 1080. The fourth-order valence-corrected chi connectivity index (χ4v) is 3.03. The van der Waals surface area contributed by atoms with E-state index in [1.807, 2.05) is 54.7 Å². The zero-order chi connectivity index (χ0) is 18.6. The van der Waals surface area contributed by atoms with Crippen LogP contribution in [0.1, 0.15) is 0 Å². The van der Waals surface area contributed by atoms with Gasteiger partial charge in [0.1, 0.15) is 5.75 Å². The number of aromatic nitrogens is 3. The van der Waals surface area contributed by atoms with E-state index in [0.29, 0.717) is 24.6 Å². The third kappa shape index (κ3) is 3.39.